The molecule has 2 unspecified atom stereocenters. The number of amides is 3. The summed E-state index contributed by atoms with van der Waals surface area (Å²) in [7, 11) is -16.9. The molecule has 3 heterocycles. The van der Waals surface area contributed by atoms with Crippen molar-refractivity contribution in [1.29, 1.82) is 0 Å². The van der Waals surface area contributed by atoms with Gasteiger partial charge < -0.3 is 63.9 Å². The number of rotatable bonds is 27. The van der Waals surface area contributed by atoms with Crippen LogP contribution in [-0.4, -0.2) is 137 Å². The van der Waals surface area contributed by atoms with E-state index in [9.17, 15) is 52.6 Å². The molecule has 3 aromatic rings. The van der Waals surface area contributed by atoms with Crippen molar-refractivity contribution in [2.24, 2.45) is 0 Å². The highest BCUT2D eigenvalue weighted by Crippen LogP contribution is 2.66. The highest BCUT2D eigenvalue weighted by molar-refractivity contribution is 7.66. The largest absolute Gasteiger partial charge is 0.490 e. The summed E-state index contributed by atoms with van der Waals surface area (Å²) in [6.07, 6.45) is -3.43. The van der Waals surface area contributed by atoms with Crippen molar-refractivity contribution in [2.45, 2.75) is 50.7 Å². The molecule has 2 aliphatic rings. The van der Waals surface area contributed by atoms with E-state index in [0.29, 0.717) is 32.1 Å². The molecule has 71 heavy (non-hydrogen) atoms. The van der Waals surface area contributed by atoms with Crippen LogP contribution in [0.5, 0.6) is 0 Å². The molecule has 3 amide bonds. The van der Waals surface area contributed by atoms with E-state index < -0.39 is 65.7 Å². The van der Waals surface area contributed by atoms with Gasteiger partial charge in [0.05, 0.1) is 84.3 Å². The zero-order valence-electron chi connectivity index (χ0n) is 37.7. The molecule has 0 radical (unpaired) electrons. The number of nitrogens with one attached hydrogen (secondary N) is 3. The maximum absolute atomic E-state index is 13.3. The van der Waals surface area contributed by atoms with Gasteiger partial charge in [0.1, 0.15) is 17.9 Å². The van der Waals surface area contributed by atoms with Crippen molar-refractivity contribution in [3.05, 3.63) is 97.8 Å². The number of benzene rings is 2. The van der Waals surface area contributed by atoms with E-state index in [1.807, 2.05) is 53.5 Å². The lowest BCUT2D eigenvalue weighted by molar-refractivity contribution is -0.125. The van der Waals surface area contributed by atoms with E-state index in [2.05, 4.69) is 47.5 Å². The molecule has 1 fully saturated rings. The molecule has 1 saturated heterocycles. The number of aliphatic hydroxyl groups excluding tert-OH is 1. The minimum absolute atomic E-state index is 0.00938. The second-order valence-corrected chi connectivity index (χ2v) is 19.5. The standard InChI is InChI=1S/C42H52N5O21P3/c48-35-26-40(66-36(35)29-65-70(57,58)68-71(59,60)67-69(54,55)56)47-28-33(41(52)45-42(47)53)9-5-16-43-38(50)15-18-61-20-22-63-24-25-64-23-21-62-19-17-44-37(49)13-14-39(51)46-27-32-8-2-1-6-30(32)11-12-31-7-3-4-10-34(31)46/h1-4,6-8,10,28,35-36,40,48H,13-27,29H2,(H,43,50)(H,44,49)(H,57,58)(H,59,60)(H,45,52,53)(H2,54,55,56)/t35-,36+,40+/m0/s1. The number of para-hydroxylation sites is 1. The molecule has 8 N–H and O–H groups in total. The number of ether oxygens (including phenoxy) is 5. The number of carbonyl (C=O) groups excluding carboxylic acids is 3. The molecule has 26 nitrogen and oxygen atoms in total. The number of anilines is 1. The summed E-state index contributed by atoms with van der Waals surface area (Å²) in [5, 5.41) is 15.6. The summed E-state index contributed by atoms with van der Waals surface area (Å²) < 4.78 is 74.2. The van der Waals surface area contributed by atoms with E-state index in [0.717, 1.165) is 27.5 Å². The normalized spacial score (nSPS) is 17.9. The van der Waals surface area contributed by atoms with Crippen LogP contribution >= 0.6 is 23.5 Å². The first kappa shape index (κ1) is 56.7. The number of phosphoric ester groups is 1. The van der Waals surface area contributed by atoms with Gasteiger partial charge in [-0.3, -0.25) is 33.3 Å². The predicted molar refractivity (Wildman–Crippen MR) is 246 cm³/mol. The van der Waals surface area contributed by atoms with Crippen molar-refractivity contribution in [2.75, 3.05) is 77.5 Å². The fraction of sp³-hybridized carbons (Fsp3) is 0.452. The first-order valence-electron chi connectivity index (χ1n) is 21.6. The third-order valence-electron chi connectivity index (χ3n) is 9.79. The van der Waals surface area contributed by atoms with Gasteiger partial charge in [-0.25, -0.2) is 18.5 Å². The lowest BCUT2D eigenvalue weighted by Crippen LogP contribution is -2.34. The van der Waals surface area contributed by atoms with Crippen molar-refractivity contribution < 1.29 is 89.6 Å². The predicted octanol–water partition coefficient (Wildman–Crippen LogP) is 0.296. The third-order valence-corrected chi connectivity index (χ3v) is 13.6. The van der Waals surface area contributed by atoms with Crippen LogP contribution in [0.25, 0.3) is 0 Å². The summed E-state index contributed by atoms with van der Waals surface area (Å²) in [5.41, 5.74) is 1.16. The Balaban J connectivity index is 0.859. The SMILES string of the molecule is O=C(CCOCCOCCOCCOCCNC(=O)CCC(=O)N1Cc2ccccc2C#Cc2ccccc21)NCC#Cc1cn([C@H]2C[C@H](O)[C@@H](COP(=O)(O)OP(=O)(O)OP(=O)(O)O)O2)c(=O)[nH]c1=O. The average molecular weight is 1060 g/mol. The van der Waals surface area contributed by atoms with Crippen molar-refractivity contribution in [3.8, 4) is 23.7 Å². The summed E-state index contributed by atoms with van der Waals surface area (Å²) >= 11 is 0. The number of phosphoric acid groups is 3. The lowest BCUT2D eigenvalue weighted by Gasteiger charge is -2.26. The topological polar surface area (TPSA) is 360 Å². The summed E-state index contributed by atoms with van der Waals surface area (Å²) in [4.78, 5) is 103. The van der Waals surface area contributed by atoms with Crippen LogP contribution in [0.15, 0.2) is 64.3 Å². The van der Waals surface area contributed by atoms with Gasteiger partial charge in [0.25, 0.3) is 5.56 Å². The Morgan fingerprint density at radius 1 is 0.775 bits per heavy atom. The number of hydrogen-bond acceptors (Lipinski definition) is 17. The van der Waals surface area contributed by atoms with E-state index >= 15 is 0 Å². The van der Waals surface area contributed by atoms with E-state index in [-0.39, 0.29) is 89.2 Å². The maximum Gasteiger partial charge on any atom is 0.490 e. The molecule has 0 saturated carbocycles. The fourth-order valence-corrected chi connectivity index (χ4v) is 9.54. The minimum atomic E-state index is -5.78. The van der Waals surface area contributed by atoms with Crippen LogP contribution in [0.4, 0.5) is 5.69 Å². The van der Waals surface area contributed by atoms with E-state index in [1.54, 1.807) is 4.90 Å². The molecule has 29 heteroatoms. The summed E-state index contributed by atoms with van der Waals surface area (Å²) in [6, 6.07) is 15.1. The second kappa shape index (κ2) is 27.6. The smallest absolute Gasteiger partial charge is 0.390 e. The molecule has 5 rings (SSSR count). The number of aliphatic hydroxyl groups is 1. The van der Waals surface area contributed by atoms with Gasteiger partial charge in [0.2, 0.25) is 17.7 Å². The zero-order chi connectivity index (χ0) is 51.4. The molecule has 0 spiro atoms. The first-order chi connectivity index (χ1) is 33.8. The average Bonchev–Trinajstić information content (AvgIpc) is 3.67. The van der Waals surface area contributed by atoms with E-state index in [1.165, 1.54) is 0 Å². The maximum atomic E-state index is 13.3. The van der Waals surface area contributed by atoms with Crippen LogP contribution in [0, 0.1) is 23.7 Å². The highest BCUT2D eigenvalue weighted by atomic mass is 31.3. The highest BCUT2D eigenvalue weighted by Gasteiger charge is 2.43. The Labute approximate surface area is 405 Å². The zero-order valence-corrected chi connectivity index (χ0v) is 40.4. The molecule has 2 aromatic carbocycles. The Kier molecular flexibility index (Phi) is 22.0. The van der Waals surface area contributed by atoms with Gasteiger partial charge in [0, 0.05) is 49.6 Å². The number of aromatic nitrogens is 2. The molecule has 5 atom stereocenters. The monoisotopic (exact) mass is 1060 g/mol. The molecule has 386 valence electrons. The summed E-state index contributed by atoms with van der Waals surface area (Å²) in [5.74, 6) is 10.6. The van der Waals surface area contributed by atoms with Crippen LogP contribution in [-0.2, 0) is 71.5 Å². The third kappa shape index (κ3) is 19.7. The van der Waals surface area contributed by atoms with E-state index in [4.69, 9.17) is 33.5 Å². The van der Waals surface area contributed by atoms with Gasteiger partial charge in [-0.05, 0) is 23.8 Å². The number of H-pyrrole nitrogens is 1. The van der Waals surface area contributed by atoms with Crippen molar-refractivity contribution in [3.63, 3.8) is 0 Å². The Bertz CT molecular complexity index is 2720. The van der Waals surface area contributed by atoms with Gasteiger partial charge in [-0.15, -0.1) is 0 Å². The number of hydrogen-bond donors (Lipinski definition) is 8. The molecule has 2 aliphatic heterocycles. The van der Waals surface area contributed by atoms with Crippen molar-refractivity contribution in [1.82, 2.24) is 20.2 Å². The van der Waals surface area contributed by atoms with Crippen LogP contribution in [0.1, 0.15) is 54.2 Å². The second-order valence-electron chi connectivity index (χ2n) is 15.1. The van der Waals surface area contributed by atoms with Gasteiger partial charge in [-0.2, -0.15) is 8.62 Å². The fourth-order valence-electron chi connectivity index (χ4n) is 6.51. The lowest BCUT2D eigenvalue weighted by atomic mass is 10.0. The minimum Gasteiger partial charge on any atom is -0.390 e. The van der Waals surface area contributed by atoms with Crippen LogP contribution in [0.3, 0.4) is 0 Å². The van der Waals surface area contributed by atoms with Crippen LogP contribution < -0.4 is 26.8 Å². The quantitative estimate of drug-likeness (QED) is 0.0289. The van der Waals surface area contributed by atoms with Crippen LogP contribution in [0.2, 0.25) is 0 Å². The number of aromatic amines is 1. The van der Waals surface area contributed by atoms with Gasteiger partial charge in [0.15, 0.2) is 0 Å². The molecule has 1 aromatic heterocycles. The van der Waals surface area contributed by atoms with Crippen molar-refractivity contribution >= 4 is 46.9 Å². The molecular formula is C42H52N5O21P3. The van der Waals surface area contributed by atoms with Gasteiger partial charge in [-0.1, -0.05) is 54.0 Å². The molecule has 0 aliphatic carbocycles. The first-order valence-corrected chi connectivity index (χ1v) is 26.1. The Morgan fingerprint density at radius 3 is 2.10 bits per heavy atom. The number of carbonyl (C=O) groups is 3. The Hall–Kier alpha value is -5.18. The summed E-state index contributed by atoms with van der Waals surface area (Å²) in [6.45, 7) is 1.44. The van der Waals surface area contributed by atoms with Gasteiger partial charge >= 0.3 is 29.2 Å². The number of nitrogens with zero attached hydrogens (tertiary/aromatic N) is 2. The Morgan fingerprint density at radius 2 is 1.39 bits per heavy atom. The molecular weight excluding hydrogens is 1000 g/mol. The molecule has 0 bridgehead atoms. The number of fused-ring (bicyclic) bond motifs is 2.